The van der Waals surface area contributed by atoms with E-state index in [1.165, 1.54) is 12.1 Å². The molecule has 1 heterocycles. The molecule has 0 aromatic heterocycles. The van der Waals surface area contributed by atoms with Crippen molar-refractivity contribution in [3.8, 4) is 0 Å². The van der Waals surface area contributed by atoms with Gasteiger partial charge < -0.3 is 20.7 Å². The summed E-state index contributed by atoms with van der Waals surface area (Å²) in [6.07, 6.45) is 1.37. The molecule has 1 fully saturated rings. The zero-order valence-corrected chi connectivity index (χ0v) is 14.6. The number of anilines is 1. The van der Waals surface area contributed by atoms with Crippen LogP contribution in [-0.4, -0.2) is 38.8 Å². The molecule has 1 amide bonds. The molecule has 3 N–H and O–H groups in total. The zero-order chi connectivity index (χ0) is 17.6. The Balaban J connectivity index is 2.14. The second kappa shape index (κ2) is 8.44. The summed E-state index contributed by atoms with van der Waals surface area (Å²) in [5.74, 6) is -0.362. The fraction of sp³-hybridized carbons (Fsp3) is 0.611. The first-order valence-electron chi connectivity index (χ1n) is 8.65. The number of halogens is 1. The van der Waals surface area contributed by atoms with E-state index in [0.717, 1.165) is 24.3 Å². The third-order valence-electron chi connectivity index (χ3n) is 5.06. The second-order valence-electron chi connectivity index (χ2n) is 6.25. The van der Waals surface area contributed by atoms with E-state index in [1.54, 1.807) is 6.07 Å². The average Bonchev–Trinajstić information content (AvgIpc) is 2.62. The number of amides is 1. The SMILES string of the molecule is CCC(CC)(CN)C(=O)NCc1cc(F)ccc1N1CCOCC1. The van der Waals surface area contributed by atoms with Crippen LogP contribution in [0.5, 0.6) is 0 Å². The van der Waals surface area contributed by atoms with Crippen molar-refractivity contribution in [3.05, 3.63) is 29.6 Å². The fourth-order valence-corrected chi connectivity index (χ4v) is 3.12. The van der Waals surface area contributed by atoms with Crippen LogP contribution >= 0.6 is 0 Å². The number of benzene rings is 1. The van der Waals surface area contributed by atoms with Gasteiger partial charge in [-0.05, 0) is 36.6 Å². The molecular weight excluding hydrogens is 309 g/mol. The predicted octanol–water partition coefficient (Wildman–Crippen LogP) is 2.04. The highest BCUT2D eigenvalue weighted by Crippen LogP contribution is 2.26. The van der Waals surface area contributed by atoms with E-state index in [-0.39, 0.29) is 11.7 Å². The van der Waals surface area contributed by atoms with Crippen LogP contribution in [0.4, 0.5) is 10.1 Å². The summed E-state index contributed by atoms with van der Waals surface area (Å²) < 4.78 is 19.1. The van der Waals surface area contributed by atoms with E-state index in [2.05, 4.69) is 10.2 Å². The molecule has 6 heteroatoms. The van der Waals surface area contributed by atoms with Crippen LogP contribution in [0.2, 0.25) is 0 Å². The number of morpholine rings is 1. The Kier molecular flexibility index (Phi) is 6.57. The molecule has 0 unspecified atom stereocenters. The Morgan fingerprint density at radius 2 is 2.00 bits per heavy atom. The first-order chi connectivity index (χ1) is 11.6. The van der Waals surface area contributed by atoms with Gasteiger partial charge in [0.1, 0.15) is 5.82 Å². The van der Waals surface area contributed by atoms with Gasteiger partial charge in [-0.3, -0.25) is 4.79 Å². The van der Waals surface area contributed by atoms with Gasteiger partial charge in [-0.1, -0.05) is 13.8 Å². The van der Waals surface area contributed by atoms with Crippen LogP contribution < -0.4 is 16.0 Å². The second-order valence-corrected chi connectivity index (χ2v) is 6.25. The van der Waals surface area contributed by atoms with Crippen molar-refractivity contribution in [1.82, 2.24) is 5.32 Å². The van der Waals surface area contributed by atoms with E-state index in [1.807, 2.05) is 13.8 Å². The third-order valence-corrected chi connectivity index (χ3v) is 5.06. The van der Waals surface area contributed by atoms with Gasteiger partial charge in [0.15, 0.2) is 0 Å². The summed E-state index contributed by atoms with van der Waals surface area (Å²) in [7, 11) is 0. The van der Waals surface area contributed by atoms with Crippen LogP contribution in [0.1, 0.15) is 32.3 Å². The average molecular weight is 337 g/mol. The maximum Gasteiger partial charge on any atom is 0.227 e. The lowest BCUT2D eigenvalue weighted by atomic mass is 9.81. The van der Waals surface area contributed by atoms with E-state index in [0.29, 0.717) is 39.1 Å². The lowest BCUT2D eigenvalue weighted by Crippen LogP contribution is -2.45. The number of nitrogens with one attached hydrogen (secondary N) is 1. The smallest absolute Gasteiger partial charge is 0.227 e. The summed E-state index contributed by atoms with van der Waals surface area (Å²) >= 11 is 0. The minimum Gasteiger partial charge on any atom is -0.378 e. The first kappa shape index (κ1) is 18.7. The maximum absolute atomic E-state index is 13.7. The molecule has 2 rings (SSSR count). The monoisotopic (exact) mass is 337 g/mol. The lowest BCUT2D eigenvalue weighted by Gasteiger charge is -2.32. The molecule has 1 aromatic rings. The summed E-state index contributed by atoms with van der Waals surface area (Å²) in [5, 5.41) is 2.96. The Bertz CT molecular complexity index is 547. The van der Waals surface area contributed by atoms with Gasteiger partial charge in [0, 0.05) is 31.9 Å². The highest BCUT2D eigenvalue weighted by molar-refractivity contribution is 5.83. The molecule has 5 nitrogen and oxygen atoms in total. The van der Waals surface area contributed by atoms with Gasteiger partial charge in [-0.15, -0.1) is 0 Å². The zero-order valence-electron chi connectivity index (χ0n) is 14.6. The topological polar surface area (TPSA) is 67.6 Å². The number of rotatable bonds is 7. The Morgan fingerprint density at radius 3 is 2.58 bits per heavy atom. The molecule has 0 spiro atoms. The Morgan fingerprint density at radius 1 is 1.33 bits per heavy atom. The van der Waals surface area contributed by atoms with Gasteiger partial charge in [0.25, 0.3) is 0 Å². The van der Waals surface area contributed by atoms with Gasteiger partial charge >= 0.3 is 0 Å². The number of hydrogen-bond donors (Lipinski definition) is 2. The number of nitrogens with zero attached hydrogens (tertiary/aromatic N) is 1. The summed E-state index contributed by atoms with van der Waals surface area (Å²) in [5.41, 5.74) is 7.01. The molecule has 134 valence electrons. The van der Waals surface area contributed by atoms with Crippen molar-refractivity contribution in [2.24, 2.45) is 11.1 Å². The lowest BCUT2D eigenvalue weighted by molar-refractivity contribution is -0.131. The number of carbonyl (C=O) groups is 1. The van der Waals surface area contributed by atoms with E-state index in [9.17, 15) is 9.18 Å². The maximum atomic E-state index is 13.7. The van der Waals surface area contributed by atoms with E-state index < -0.39 is 5.41 Å². The minimum absolute atomic E-state index is 0.0628. The molecular formula is C18H28FN3O2. The van der Waals surface area contributed by atoms with Crippen molar-refractivity contribution in [2.75, 3.05) is 37.7 Å². The highest BCUT2D eigenvalue weighted by atomic mass is 19.1. The van der Waals surface area contributed by atoms with Gasteiger partial charge in [0.2, 0.25) is 5.91 Å². The molecule has 0 bridgehead atoms. The molecule has 0 aliphatic carbocycles. The summed E-state index contributed by atoms with van der Waals surface area (Å²) in [4.78, 5) is 14.8. The predicted molar refractivity (Wildman–Crippen MR) is 93.3 cm³/mol. The molecule has 0 atom stereocenters. The van der Waals surface area contributed by atoms with Crippen LogP contribution in [0.25, 0.3) is 0 Å². The van der Waals surface area contributed by atoms with Crippen LogP contribution in [0, 0.1) is 11.2 Å². The number of ether oxygens (including phenoxy) is 1. The highest BCUT2D eigenvalue weighted by Gasteiger charge is 2.33. The number of carbonyl (C=O) groups excluding carboxylic acids is 1. The molecule has 24 heavy (non-hydrogen) atoms. The Hall–Kier alpha value is -1.66. The van der Waals surface area contributed by atoms with Crippen molar-refractivity contribution in [2.45, 2.75) is 33.2 Å². The molecule has 1 aromatic carbocycles. The largest absolute Gasteiger partial charge is 0.378 e. The first-order valence-corrected chi connectivity index (χ1v) is 8.65. The number of hydrogen-bond acceptors (Lipinski definition) is 4. The van der Waals surface area contributed by atoms with Crippen molar-refractivity contribution >= 4 is 11.6 Å². The van der Waals surface area contributed by atoms with E-state index >= 15 is 0 Å². The van der Waals surface area contributed by atoms with Crippen molar-refractivity contribution < 1.29 is 13.9 Å². The fourth-order valence-electron chi connectivity index (χ4n) is 3.12. The summed E-state index contributed by atoms with van der Waals surface area (Å²) in [6, 6.07) is 4.73. The minimum atomic E-state index is -0.549. The van der Waals surface area contributed by atoms with Crippen LogP contribution in [0.15, 0.2) is 18.2 Å². The Labute approximate surface area is 143 Å². The van der Waals surface area contributed by atoms with Gasteiger partial charge in [-0.25, -0.2) is 4.39 Å². The van der Waals surface area contributed by atoms with Crippen molar-refractivity contribution in [3.63, 3.8) is 0 Å². The summed E-state index contributed by atoms with van der Waals surface area (Å²) in [6.45, 7) is 7.40. The van der Waals surface area contributed by atoms with Crippen molar-refractivity contribution in [1.29, 1.82) is 0 Å². The molecule has 1 aliphatic rings. The van der Waals surface area contributed by atoms with Gasteiger partial charge in [0.05, 0.1) is 18.6 Å². The number of nitrogens with two attached hydrogens (primary N) is 1. The van der Waals surface area contributed by atoms with Gasteiger partial charge in [-0.2, -0.15) is 0 Å². The standard InChI is InChI=1S/C18H28FN3O2/c1-3-18(4-2,13-20)17(23)21-12-14-11-15(19)5-6-16(14)22-7-9-24-10-8-22/h5-6,11H,3-4,7-10,12-13,20H2,1-2H3,(H,21,23). The molecule has 0 radical (unpaired) electrons. The van der Waals surface area contributed by atoms with E-state index in [4.69, 9.17) is 10.5 Å². The quantitative estimate of drug-likeness (QED) is 0.799. The molecule has 1 saturated heterocycles. The van der Waals surface area contributed by atoms with Crippen LogP contribution in [0.3, 0.4) is 0 Å². The third kappa shape index (κ3) is 4.05. The van der Waals surface area contributed by atoms with Crippen LogP contribution in [-0.2, 0) is 16.1 Å². The molecule has 0 saturated carbocycles. The molecule has 1 aliphatic heterocycles. The normalized spacial score (nSPS) is 15.4.